The Balaban J connectivity index is 1.45. The topological polar surface area (TPSA) is 91.1 Å². The molecule has 1 aromatic carbocycles. The summed E-state index contributed by atoms with van der Waals surface area (Å²) >= 11 is 1.74. The molecule has 7 nitrogen and oxygen atoms in total. The van der Waals surface area contributed by atoms with Crippen LogP contribution in [0.2, 0.25) is 0 Å². The molecule has 3 aromatic rings. The number of benzene rings is 1. The maximum atomic E-state index is 11.5. The lowest BCUT2D eigenvalue weighted by atomic mass is 10.2. The average Bonchev–Trinajstić information content (AvgIpc) is 3.20. The quantitative estimate of drug-likeness (QED) is 0.739. The molecule has 0 aliphatic carbocycles. The van der Waals surface area contributed by atoms with Crippen molar-refractivity contribution < 1.29 is 0 Å². The van der Waals surface area contributed by atoms with Crippen LogP contribution in [0.15, 0.2) is 35.1 Å². The molecule has 4 rings (SSSR count). The van der Waals surface area contributed by atoms with Crippen molar-refractivity contribution in [2.24, 2.45) is 0 Å². The van der Waals surface area contributed by atoms with E-state index in [1.807, 2.05) is 12.1 Å². The zero-order valence-electron chi connectivity index (χ0n) is 14.0. The zero-order chi connectivity index (χ0) is 17.4. The summed E-state index contributed by atoms with van der Waals surface area (Å²) in [5, 5.41) is 1.08. The van der Waals surface area contributed by atoms with Crippen LogP contribution < -0.4 is 16.2 Å². The number of rotatable bonds is 4. The van der Waals surface area contributed by atoms with Gasteiger partial charge in [0.25, 0.3) is 5.56 Å². The summed E-state index contributed by atoms with van der Waals surface area (Å²) in [7, 11) is 2.06. The second-order valence-corrected chi connectivity index (χ2v) is 7.40. The first-order valence-electron chi connectivity index (χ1n) is 8.25. The predicted molar refractivity (Wildman–Crippen MR) is 101 cm³/mol. The number of likely N-dealkylation sites (N-methyl/N-ethyl adjacent to an activating group) is 1. The number of nitrogens with one attached hydrogen (secondary N) is 1. The summed E-state index contributed by atoms with van der Waals surface area (Å²) in [5.41, 5.74) is 7.17. The average molecular weight is 356 g/mol. The Morgan fingerprint density at radius 1 is 1.40 bits per heavy atom. The second-order valence-electron chi connectivity index (χ2n) is 6.39. The minimum atomic E-state index is -0.210. The Morgan fingerprint density at radius 3 is 3.04 bits per heavy atom. The van der Waals surface area contributed by atoms with Crippen molar-refractivity contribution in [3.05, 3.63) is 46.4 Å². The van der Waals surface area contributed by atoms with Crippen LogP contribution in [0.25, 0.3) is 10.2 Å². The molecule has 1 aliphatic heterocycles. The van der Waals surface area contributed by atoms with Crippen LogP contribution in [0.5, 0.6) is 0 Å². The van der Waals surface area contributed by atoms with Gasteiger partial charge in [-0.2, -0.15) is 0 Å². The van der Waals surface area contributed by atoms with E-state index < -0.39 is 0 Å². The zero-order valence-corrected chi connectivity index (χ0v) is 14.8. The molecular weight excluding hydrogens is 336 g/mol. The van der Waals surface area contributed by atoms with Gasteiger partial charge in [-0.05, 0) is 25.6 Å². The highest BCUT2D eigenvalue weighted by atomic mass is 32.1. The summed E-state index contributed by atoms with van der Waals surface area (Å²) in [6.07, 6.45) is 1.06. The molecule has 0 spiro atoms. The SMILES string of the molecule is CN(Cc1cc(=O)[nH]c(N)n1)[C@@H]1CCN(c2nc3ccccc3s2)C1. The molecule has 1 aliphatic rings. The van der Waals surface area contributed by atoms with Crippen LogP contribution in [0, 0.1) is 0 Å². The number of nitrogens with two attached hydrogens (primary N) is 1. The van der Waals surface area contributed by atoms with Crippen LogP contribution in [-0.2, 0) is 6.54 Å². The van der Waals surface area contributed by atoms with Gasteiger partial charge in [0.05, 0.1) is 15.9 Å². The number of hydrogen-bond donors (Lipinski definition) is 2. The molecule has 0 saturated carbocycles. The third-order valence-corrected chi connectivity index (χ3v) is 5.66. The Kier molecular flexibility index (Phi) is 4.14. The minimum absolute atomic E-state index is 0.165. The number of H-pyrrole nitrogens is 1. The van der Waals surface area contributed by atoms with Gasteiger partial charge in [-0.15, -0.1) is 0 Å². The molecule has 1 fully saturated rings. The molecule has 25 heavy (non-hydrogen) atoms. The monoisotopic (exact) mass is 356 g/mol. The summed E-state index contributed by atoms with van der Waals surface area (Å²) in [6, 6.07) is 10.1. The van der Waals surface area contributed by atoms with E-state index in [0.29, 0.717) is 18.3 Å². The normalized spacial score (nSPS) is 17.7. The highest BCUT2D eigenvalue weighted by molar-refractivity contribution is 7.22. The Hall–Kier alpha value is -2.45. The molecule has 0 radical (unpaired) electrons. The van der Waals surface area contributed by atoms with Gasteiger partial charge in [-0.1, -0.05) is 23.5 Å². The number of fused-ring (bicyclic) bond motifs is 1. The molecule has 2 aromatic heterocycles. The second kappa shape index (κ2) is 6.45. The van der Waals surface area contributed by atoms with Gasteiger partial charge in [0, 0.05) is 31.7 Å². The fourth-order valence-corrected chi connectivity index (χ4v) is 4.27. The maximum Gasteiger partial charge on any atom is 0.252 e. The number of nitrogens with zero attached hydrogens (tertiary/aromatic N) is 4. The van der Waals surface area contributed by atoms with Crippen LogP contribution in [0.1, 0.15) is 12.1 Å². The number of aromatic amines is 1. The van der Waals surface area contributed by atoms with Gasteiger partial charge in [-0.25, -0.2) is 9.97 Å². The first-order valence-corrected chi connectivity index (χ1v) is 9.06. The van der Waals surface area contributed by atoms with Crippen molar-refractivity contribution in [2.45, 2.75) is 19.0 Å². The Morgan fingerprint density at radius 2 is 2.24 bits per heavy atom. The third-order valence-electron chi connectivity index (χ3n) is 4.56. The Bertz CT molecular complexity index is 918. The fraction of sp³-hybridized carbons (Fsp3) is 0.353. The lowest BCUT2D eigenvalue weighted by molar-refractivity contribution is 0.247. The van der Waals surface area contributed by atoms with Gasteiger partial charge < -0.3 is 10.6 Å². The first kappa shape index (κ1) is 16.0. The van der Waals surface area contributed by atoms with E-state index in [-0.39, 0.29) is 11.5 Å². The van der Waals surface area contributed by atoms with Gasteiger partial charge in [0.1, 0.15) is 0 Å². The molecule has 8 heteroatoms. The molecular formula is C17H20N6OS. The van der Waals surface area contributed by atoms with Gasteiger partial charge >= 0.3 is 0 Å². The molecule has 0 amide bonds. The van der Waals surface area contributed by atoms with Crippen molar-refractivity contribution in [1.29, 1.82) is 0 Å². The molecule has 3 N–H and O–H groups in total. The van der Waals surface area contributed by atoms with Crippen molar-refractivity contribution in [1.82, 2.24) is 19.9 Å². The van der Waals surface area contributed by atoms with E-state index in [4.69, 9.17) is 10.7 Å². The first-order chi connectivity index (χ1) is 12.1. The lowest BCUT2D eigenvalue weighted by Gasteiger charge is -2.24. The summed E-state index contributed by atoms with van der Waals surface area (Å²) < 4.78 is 1.22. The maximum absolute atomic E-state index is 11.5. The largest absolute Gasteiger partial charge is 0.369 e. The van der Waals surface area contributed by atoms with Gasteiger partial charge in [-0.3, -0.25) is 14.7 Å². The van der Waals surface area contributed by atoms with Crippen molar-refractivity contribution in [3.63, 3.8) is 0 Å². The smallest absolute Gasteiger partial charge is 0.252 e. The Labute approximate surface area is 149 Å². The summed E-state index contributed by atoms with van der Waals surface area (Å²) in [4.78, 5) is 27.5. The van der Waals surface area contributed by atoms with E-state index >= 15 is 0 Å². The lowest BCUT2D eigenvalue weighted by Crippen LogP contribution is -2.34. The number of aromatic nitrogens is 3. The van der Waals surface area contributed by atoms with E-state index in [1.54, 1.807) is 11.3 Å². The predicted octanol–water partition coefficient (Wildman–Crippen LogP) is 1.67. The van der Waals surface area contributed by atoms with Crippen LogP contribution >= 0.6 is 11.3 Å². The van der Waals surface area contributed by atoms with Crippen molar-refractivity contribution in [2.75, 3.05) is 30.8 Å². The van der Waals surface area contributed by atoms with E-state index in [1.165, 1.54) is 10.8 Å². The standard InChI is InChI=1S/C17H20N6OS/c1-22(9-11-8-15(24)21-16(18)19-11)12-6-7-23(10-12)17-20-13-4-2-3-5-14(13)25-17/h2-5,8,12H,6-7,9-10H2,1H3,(H3,18,19,21,24)/t12-/m1/s1. The van der Waals surface area contributed by atoms with E-state index in [2.05, 4.69) is 38.9 Å². The van der Waals surface area contributed by atoms with Gasteiger partial charge in [0.15, 0.2) is 5.13 Å². The number of nitrogen functional groups attached to an aromatic ring is 1. The molecule has 1 saturated heterocycles. The third kappa shape index (κ3) is 3.35. The highest BCUT2D eigenvalue weighted by Gasteiger charge is 2.27. The molecule has 0 bridgehead atoms. The van der Waals surface area contributed by atoms with Crippen molar-refractivity contribution >= 4 is 32.6 Å². The molecule has 1 atom stereocenters. The number of para-hydroxylation sites is 1. The van der Waals surface area contributed by atoms with Crippen LogP contribution in [-0.4, -0.2) is 46.0 Å². The minimum Gasteiger partial charge on any atom is -0.369 e. The number of thiazole rings is 1. The molecule has 3 heterocycles. The molecule has 0 unspecified atom stereocenters. The summed E-state index contributed by atoms with van der Waals surface area (Å²) in [6.45, 7) is 2.52. The summed E-state index contributed by atoms with van der Waals surface area (Å²) in [5.74, 6) is 0.165. The molecule has 130 valence electrons. The number of anilines is 2. The number of hydrogen-bond acceptors (Lipinski definition) is 7. The van der Waals surface area contributed by atoms with E-state index in [0.717, 1.165) is 30.2 Å². The van der Waals surface area contributed by atoms with Crippen molar-refractivity contribution in [3.8, 4) is 0 Å². The van der Waals surface area contributed by atoms with Crippen LogP contribution in [0.3, 0.4) is 0 Å². The van der Waals surface area contributed by atoms with Gasteiger partial charge in [0.2, 0.25) is 5.95 Å². The highest BCUT2D eigenvalue weighted by Crippen LogP contribution is 2.31. The fourth-order valence-electron chi connectivity index (χ4n) is 3.26. The van der Waals surface area contributed by atoms with Crippen LogP contribution in [0.4, 0.5) is 11.1 Å². The van der Waals surface area contributed by atoms with E-state index in [9.17, 15) is 4.79 Å².